The molecule has 2 rings (SSSR count). The Bertz CT molecular complexity index is 794. The van der Waals surface area contributed by atoms with Gasteiger partial charge in [0.15, 0.2) is 0 Å². The Morgan fingerprint density at radius 2 is 1.55 bits per heavy atom. The normalized spacial score (nSPS) is 11.3. The highest BCUT2D eigenvalue weighted by Crippen LogP contribution is 2.31. The first-order valence-corrected chi connectivity index (χ1v) is 8.49. The zero-order chi connectivity index (χ0) is 16.5. The van der Waals surface area contributed by atoms with Gasteiger partial charge in [0.05, 0.1) is 12.0 Å². The van der Waals surface area contributed by atoms with Crippen molar-refractivity contribution in [2.75, 3.05) is 11.8 Å². The van der Waals surface area contributed by atoms with Crippen molar-refractivity contribution < 1.29 is 13.2 Å². The lowest BCUT2D eigenvalue weighted by molar-refractivity contribution is 0.410. The fourth-order valence-corrected chi connectivity index (χ4v) is 4.06. The van der Waals surface area contributed by atoms with E-state index in [2.05, 4.69) is 4.72 Å². The molecule has 0 fully saturated rings. The van der Waals surface area contributed by atoms with Crippen molar-refractivity contribution in [2.24, 2.45) is 0 Å². The largest absolute Gasteiger partial charge is 0.496 e. The van der Waals surface area contributed by atoms with Gasteiger partial charge in [0, 0.05) is 5.69 Å². The molecule has 2 aromatic carbocycles. The molecular weight excluding hydrogens is 298 g/mol. The molecule has 1 N–H and O–H groups in total. The first-order valence-electron chi connectivity index (χ1n) is 7.00. The highest BCUT2D eigenvalue weighted by Gasteiger charge is 2.22. The molecule has 0 heterocycles. The predicted molar refractivity (Wildman–Crippen MR) is 89.2 cm³/mol. The average Bonchev–Trinajstić information content (AvgIpc) is 2.45. The minimum atomic E-state index is -3.64. The van der Waals surface area contributed by atoms with Gasteiger partial charge in [-0.15, -0.1) is 0 Å². The van der Waals surface area contributed by atoms with Crippen LogP contribution in [0.5, 0.6) is 5.75 Å². The molecule has 0 aliphatic carbocycles. The van der Waals surface area contributed by atoms with Gasteiger partial charge in [-0.1, -0.05) is 17.7 Å². The Morgan fingerprint density at radius 3 is 2.09 bits per heavy atom. The molecular formula is C17H21NO3S. The summed E-state index contributed by atoms with van der Waals surface area (Å²) in [6.45, 7) is 7.39. The van der Waals surface area contributed by atoms with E-state index in [0.717, 1.165) is 11.1 Å². The molecule has 22 heavy (non-hydrogen) atoms. The third-order valence-electron chi connectivity index (χ3n) is 3.77. The number of ether oxygens (including phenoxy) is 1. The number of aryl methyl sites for hydroxylation is 2. The molecule has 4 nitrogen and oxygen atoms in total. The lowest BCUT2D eigenvalue weighted by atomic mass is 10.1. The molecule has 0 aliphatic rings. The lowest BCUT2D eigenvalue weighted by Gasteiger charge is -2.17. The molecule has 0 atom stereocenters. The molecule has 0 amide bonds. The van der Waals surface area contributed by atoms with Crippen molar-refractivity contribution in [2.45, 2.75) is 32.6 Å². The summed E-state index contributed by atoms with van der Waals surface area (Å²) in [5.41, 5.74) is 3.84. The minimum absolute atomic E-state index is 0.311. The van der Waals surface area contributed by atoms with Crippen LogP contribution in [0.1, 0.15) is 22.3 Å². The molecule has 0 unspecified atom stereocenters. The maximum atomic E-state index is 12.7. The summed E-state index contributed by atoms with van der Waals surface area (Å²) in [6, 6.07) is 9.02. The van der Waals surface area contributed by atoms with Gasteiger partial charge in [0.25, 0.3) is 10.0 Å². The highest BCUT2D eigenvalue weighted by atomic mass is 32.2. The summed E-state index contributed by atoms with van der Waals surface area (Å²) in [4.78, 5) is 0.311. The molecule has 0 saturated heterocycles. The van der Waals surface area contributed by atoms with E-state index in [0.29, 0.717) is 27.5 Å². The second kappa shape index (κ2) is 6.01. The average molecular weight is 319 g/mol. The summed E-state index contributed by atoms with van der Waals surface area (Å²) >= 11 is 0. The van der Waals surface area contributed by atoms with Crippen molar-refractivity contribution in [3.05, 3.63) is 52.6 Å². The van der Waals surface area contributed by atoms with Crippen LogP contribution in [0.25, 0.3) is 0 Å². The van der Waals surface area contributed by atoms with Crippen LogP contribution in [0.2, 0.25) is 0 Å². The zero-order valence-electron chi connectivity index (χ0n) is 13.5. The standard InChI is InChI=1S/C17H21NO3S/c1-11-6-8-15(9-7-11)18-22(19,20)17-12(2)10-16(21-5)13(3)14(17)4/h6-10,18H,1-5H3. The Labute approximate surface area is 132 Å². The Balaban J connectivity index is 2.50. The summed E-state index contributed by atoms with van der Waals surface area (Å²) < 4.78 is 33.4. The number of hydrogen-bond donors (Lipinski definition) is 1. The quantitative estimate of drug-likeness (QED) is 0.934. The third-order valence-corrected chi connectivity index (χ3v) is 5.44. The van der Waals surface area contributed by atoms with Gasteiger partial charge in [0.2, 0.25) is 0 Å². The summed E-state index contributed by atoms with van der Waals surface area (Å²) in [7, 11) is -2.06. The number of hydrogen-bond acceptors (Lipinski definition) is 3. The van der Waals surface area contributed by atoms with Gasteiger partial charge in [-0.05, 0) is 62.6 Å². The number of anilines is 1. The van der Waals surface area contributed by atoms with Crippen LogP contribution in [0.4, 0.5) is 5.69 Å². The van der Waals surface area contributed by atoms with Crippen LogP contribution in [0.15, 0.2) is 35.2 Å². The van der Waals surface area contributed by atoms with Gasteiger partial charge in [-0.25, -0.2) is 8.42 Å². The summed E-state index contributed by atoms with van der Waals surface area (Å²) in [5.74, 6) is 0.698. The SMILES string of the molecule is COc1cc(C)c(S(=O)(=O)Nc2ccc(C)cc2)c(C)c1C. The molecule has 0 bridgehead atoms. The molecule has 0 aliphatic heterocycles. The zero-order valence-corrected chi connectivity index (χ0v) is 14.3. The van der Waals surface area contributed by atoms with Crippen LogP contribution < -0.4 is 9.46 Å². The number of rotatable bonds is 4. The van der Waals surface area contributed by atoms with Gasteiger partial charge in [-0.3, -0.25) is 4.72 Å². The van der Waals surface area contributed by atoms with Crippen molar-refractivity contribution >= 4 is 15.7 Å². The number of nitrogens with one attached hydrogen (secondary N) is 1. The molecule has 2 aromatic rings. The second-order valence-electron chi connectivity index (χ2n) is 5.45. The Kier molecular flexibility index (Phi) is 4.47. The van der Waals surface area contributed by atoms with Gasteiger partial charge >= 0.3 is 0 Å². The van der Waals surface area contributed by atoms with Crippen LogP contribution >= 0.6 is 0 Å². The smallest absolute Gasteiger partial charge is 0.262 e. The van der Waals surface area contributed by atoms with E-state index in [4.69, 9.17) is 4.74 Å². The number of benzene rings is 2. The van der Waals surface area contributed by atoms with E-state index in [1.54, 1.807) is 39.2 Å². The first kappa shape index (κ1) is 16.4. The number of sulfonamides is 1. The molecule has 0 spiro atoms. The maximum absolute atomic E-state index is 12.7. The summed E-state index contributed by atoms with van der Waals surface area (Å²) in [5, 5.41) is 0. The van der Waals surface area contributed by atoms with E-state index in [-0.39, 0.29) is 0 Å². The van der Waals surface area contributed by atoms with Crippen molar-refractivity contribution in [1.29, 1.82) is 0 Å². The second-order valence-corrected chi connectivity index (χ2v) is 7.07. The van der Waals surface area contributed by atoms with Crippen LogP contribution in [0, 0.1) is 27.7 Å². The van der Waals surface area contributed by atoms with Crippen molar-refractivity contribution in [3.8, 4) is 5.75 Å². The lowest BCUT2D eigenvalue weighted by Crippen LogP contribution is -2.16. The monoisotopic (exact) mass is 319 g/mol. The van der Waals surface area contributed by atoms with E-state index in [1.807, 2.05) is 26.0 Å². The van der Waals surface area contributed by atoms with Crippen LogP contribution in [0.3, 0.4) is 0 Å². The molecule has 5 heteroatoms. The van der Waals surface area contributed by atoms with E-state index in [1.165, 1.54) is 0 Å². The fraction of sp³-hybridized carbons (Fsp3) is 0.294. The van der Waals surface area contributed by atoms with E-state index < -0.39 is 10.0 Å². The molecule has 0 saturated carbocycles. The predicted octanol–water partition coefficient (Wildman–Crippen LogP) is 3.73. The maximum Gasteiger partial charge on any atom is 0.262 e. The van der Waals surface area contributed by atoms with Crippen LogP contribution in [-0.2, 0) is 10.0 Å². The summed E-state index contributed by atoms with van der Waals surface area (Å²) in [6.07, 6.45) is 0. The van der Waals surface area contributed by atoms with E-state index in [9.17, 15) is 8.42 Å². The minimum Gasteiger partial charge on any atom is -0.496 e. The van der Waals surface area contributed by atoms with Gasteiger partial charge < -0.3 is 4.74 Å². The van der Waals surface area contributed by atoms with E-state index >= 15 is 0 Å². The molecule has 118 valence electrons. The van der Waals surface area contributed by atoms with Crippen LogP contribution in [-0.4, -0.2) is 15.5 Å². The topological polar surface area (TPSA) is 55.4 Å². The Morgan fingerprint density at radius 1 is 0.955 bits per heavy atom. The molecule has 0 radical (unpaired) electrons. The third kappa shape index (κ3) is 3.09. The number of methoxy groups -OCH3 is 1. The van der Waals surface area contributed by atoms with Gasteiger partial charge in [-0.2, -0.15) is 0 Å². The fourth-order valence-electron chi connectivity index (χ4n) is 2.47. The molecule has 0 aromatic heterocycles. The Hall–Kier alpha value is -2.01. The van der Waals surface area contributed by atoms with Crippen molar-refractivity contribution in [3.63, 3.8) is 0 Å². The highest BCUT2D eigenvalue weighted by molar-refractivity contribution is 7.92. The van der Waals surface area contributed by atoms with Crippen molar-refractivity contribution in [1.82, 2.24) is 0 Å². The van der Waals surface area contributed by atoms with Gasteiger partial charge in [0.1, 0.15) is 5.75 Å². The first-order chi connectivity index (χ1) is 10.3.